The van der Waals surface area contributed by atoms with Crippen molar-refractivity contribution < 1.29 is 19.1 Å². The van der Waals surface area contributed by atoms with Gasteiger partial charge in [-0.3, -0.25) is 9.59 Å². The second-order valence-electron chi connectivity index (χ2n) is 6.29. The summed E-state index contributed by atoms with van der Waals surface area (Å²) >= 11 is 0. The van der Waals surface area contributed by atoms with Gasteiger partial charge in [0.25, 0.3) is 0 Å². The van der Waals surface area contributed by atoms with E-state index in [1.807, 2.05) is 32.3 Å². The van der Waals surface area contributed by atoms with Crippen LogP contribution in [-0.4, -0.2) is 46.3 Å². The number of esters is 1. The van der Waals surface area contributed by atoms with Crippen molar-refractivity contribution in [1.82, 2.24) is 9.47 Å². The van der Waals surface area contributed by atoms with Crippen LogP contribution in [0.4, 0.5) is 0 Å². The Morgan fingerprint density at radius 1 is 1.12 bits per heavy atom. The fraction of sp³-hybridized carbons (Fsp3) is 0.632. The summed E-state index contributed by atoms with van der Waals surface area (Å²) in [5.74, 6) is -0.628. The van der Waals surface area contributed by atoms with E-state index in [9.17, 15) is 14.4 Å². The van der Waals surface area contributed by atoms with Gasteiger partial charge >= 0.3 is 5.97 Å². The number of amides is 1. The number of nitrogens with zero attached hydrogens (tertiary/aromatic N) is 2. The molecule has 1 aromatic heterocycles. The molecule has 25 heavy (non-hydrogen) atoms. The first-order chi connectivity index (χ1) is 11.7. The molecular formula is C19H30N2O4. The van der Waals surface area contributed by atoms with Crippen molar-refractivity contribution in [2.45, 2.75) is 67.5 Å². The predicted octanol–water partition coefficient (Wildman–Crippen LogP) is 3.13. The molecular weight excluding hydrogens is 320 g/mol. The van der Waals surface area contributed by atoms with Crippen LogP contribution in [0.1, 0.15) is 73.1 Å². The van der Waals surface area contributed by atoms with Crippen LogP contribution >= 0.6 is 0 Å². The molecule has 0 aromatic carbocycles. The van der Waals surface area contributed by atoms with E-state index < -0.39 is 5.97 Å². The molecule has 6 nitrogen and oxygen atoms in total. The molecule has 1 aromatic rings. The second kappa shape index (κ2) is 8.83. The largest absolute Gasteiger partial charge is 0.461 e. The van der Waals surface area contributed by atoms with Crippen molar-refractivity contribution in [1.29, 1.82) is 0 Å². The zero-order valence-corrected chi connectivity index (χ0v) is 16.4. The molecule has 1 rings (SSSR count). The van der Waals surface area contributed by atoms with E-state index in [2.05, 4.69) is 0 Å². The first-order valence-electron chi connectivity index (χ1n) is 8.90. The summed E-state index contributed by atoms with van der Waals surface area (Å²) in [5, 5.41) is 0. The number of aromatic nitrogens is 1. The Morgan fingerprint density at radius 2 is 1.72 bits per heavy atom. The average molecular weight is 350 g/mol. The van der Waals surface area contributed by atoms with Crippen LogP contribution in [0.5, 0.6) is 0 Å². The predicted molar refractivity (Wildman–Crippen MR) is 97.0 cm³/mol. The highest BCUT2D eigenvalue weighted by molar-refractivity contribution is 6.04. The van der Waals surface area contributed by atoms with Crippen LogP contribution in [0.25, 0.3) is 0 Å². The Balaban J connectivity index is 3.31. The summed E-state index contributed by atoms with van der Waals surface area (Å²) in [6, 6.07) is -0.0604. The number of hydrogen-bond acceptors (Lipinski definition) is 4. The zero-order chi connectivity index (χ0) is 19.3. The maximum absolute atomic E-state index is 12.9. The molecule has 1 heterocycles. The van der Waals surface area contributed by atoms with Crippen molar-refractivity contribution in [2.75, 3.05) is 13.2 Å². The van der Waals surface area contributed by atoms with Crippen molar-refractivity contribution in [3.8, 4) is 0 Å². The van der Waals surface area contributed by atoms with Gasteiger partial charge in [-0.25, -0.2) is 4.79 Å². The summed E-state index contributed by atoms with van der Waals surface area (Å²) in [5.41, 5.74) is 2.29. The summed E-state index contributed by atoms with van der Waals surface area (Å²) in [4.78, 5) is 38.9. The standard InChI is InChI=1S/C19H30N2O4/c1-8-16(23)21(12(4)5)11-15(22)17-13(6)18(19(24)25-10-3)20(9-2)14(17)7/h12H,8-11H2,1-7H3. The van der Waals surface area contributed by atoms with Gasteiger partial charge in [-0.15, -0.1) is 0 Å². The molecule has 0 N–H and O–H groups in total. The number of carbonyl (C=O) groups is 3. The highest BCUT2D eigenvalue weighted by Gasteiger charge is 2.28. The first kappa shape index (κ1) is 20.9. The highest BCUT2D eigenvalue weighted by atomic mass is 16.5. The van der Waals surface area contributed by atoms with Gasteiger partial charge in [-0.05, 0) is 47.1 Å². The summed E-state index contributed by atoms with van der Waals surface area (Å²) in [6.07, 6.45) is 0.355. The lowest BCUT2D eigenvalue weighted by Gasteiger charge is -2.25. The third-order valence-corrected chi connectivity index (χ3v) is 4.39. The molecule has 0 aliphatic carbocycles. The lowest BCUT2D eigenvalue weighted by Crippen LogP contribution is -2.40. The van der Waals surface area contributed by atoms with Crippen molar-refractivity contribution in [2.24, 2.45) is 0 Å². The van der Waals surface area contributed by atoms with E-state index in [0.29, 0.717) is 29.8 Å². The molecule has 0 radical (unpaired) electrons. The van der Waals surface area contributed by atoms with Gasteiger partial charge in [-0.2, -0.15) is 0 Å². The molecule has 0 spiro atoms. The smallest absolute Gasteiger partial charge is 0.355 e. The average Bonchev–Trinajstić information content (AvgIpc) is 2.81. The van der Waals surface area contributed by atoms with Gasteiger partial charge in [0.1, 0.15) is 5.69 Å². The van der Waals surface area contributed by atoms with Crippen molar-refractivity contribution in [3.63, 3.8) is 0 Å². The highest BCUT2D eigenvalue weighted by Crippen LogP contribution is 2.24. The minimum absolute atomic E-state index is 0.0159. The Kier molecular flexibility index (Phi) is 7.39. The molecule has 0 saturated heterocycles. The third kappa shape index (κ3) is 4.30. The van der Waals surface area contributed by atoms with Crippen LogP contribution in [0, 0.1) is 13.8 Å². The number of Topliss-reactive ketones (excluding diaryl/α,β-unsaturated/α-hetero) is 1. The first-order valence-corrected chi connectivity index (χ1v) is 8.90. The Bertz CT molecular complexity index is 659. The van der Waals surface area contributed by atoms with E-state index in [1.165, 1.54) is 0 Å². The number of rotatable bonds is 8. The summed E-state index contributed by atoms with van der Waals surface area (Å²) in [7, 11) is 0. The monoisotopic (exact) mass is 350 g/mol. The molecule has 0 fully saturated rings. The fourth-order valence-corrected chi connectivity index (χ4v) is 3.16. The van der Waals surface area contributed by atoms with Gasteiger partial charge in [-0.1, -0.05) is 6.92 Å². The van der Waals surface area contributed by atoms with E-state index in [0.717, 1.165) is 5.69 Å². The van der Waals surface area contributed by atoms with E-state index in [1.54, 1.807) is 25.7 Å². The summed E-state index contributed by atoms with van der Waals surface area (Å²) in [6.45, 7) is 13.7. The molecule has 0 aliphatic rings. The maximum atomic E-state index is 12.9. The van der Waals surface area contributed by atoms with Crippen LogP contribution in [0.2, 0.25) is 0 Å². The van der Waals surface area contributed by atoms with Crippen molar-refractivity contribution in [3.05, 3.63) is 22.5 Å². The van der Waals surface area contributed by atoms with E-state index in [4.69, 9.17) is 4.74 Å². The lowest BCUT2D eigenvalue weighted by atomic mass is 10.0. The quantitative estimate of drug-likeness (QED) is 0.533. The number of ether oxygens (including phenoxy) is 1. The Hall–Kier alpha value is -2.11. The molecule has 0 unspecified atom stereocenters. The molecule has 0 saturated carbocycles. The lowest BCUT2D eigenvalue weighted by molar-refractivity contribution is -0.132. The fourth-order valence-electron chi connectivity index (χ4n) is 3.16. The number of hydrogen-bond donors (Lipinski definition) is 0. The van der Waals surface area contributed by atoms with Gasteiger partial charge < -0.3 is 14.2 Å². The van der Waals surface area contributed by atoms with E-state index >= 15 is 0 Å². The van der Waals surface area contributed by atoms with Crippen LogP contribution in [0.3, 0.4) is 0 Å². The third-order valence-electron chi connectivity index (χ3n) is 4.39. The van der Waals surface area contributed by atoms with Gasteiger partial charge in [0.15, 0.2) is 5.78 Å². The summed E-state index contributed by atoms with van der Waals surface area (Å²) < 4.78 is 6.95. The van der Waals surface area contributed by atoms with Crippen molar-refractivity contribution >= 4 is 17.7 Å². The van der Waals surface area contributed by atoms with Crippen LogP contribution in [-0.2, 0) is 16.1 Å². The van der Waals surface area contributed by atoms with Gasteiger partial charge in [0.05, 0.1) is 13.2 Å². The Labute approximate surface area is 150 Å². The molecule has 1 amide bonds. The topological polar surface area (TPSA) is 68.6 Å². The zero-order valence-electron chi connectivity index (χ0n) is 16.4. The van der Waals surface area contributed by atoms with Crippen LogP contribution < -0.4 is 0 Å². The molecule has 0 atom stereocenters. The van der Waals surface area contributed by atoms with Gasteiger partial charge in [0.2, 0.25) is 5.91 Å². The maximum Gasteiger partial charge on any atom is 0.355 e. The minimum Gasteiger partial charge on any atom is -0.461 e. The van der Waals surface area contributed by atoms with E-state index in [-0.39, 0.29) is 30.9 Å². The normalized spacial score (nSPS) is 10.9. The Morgan fingerprint density at radius 3 is 2.16 bits per heavy atom. The molecule has 0 bridgehead atoms. The molecule has 0 aliphatic heterocycles. The SMILES string of the molecule is CCOC(=O)c1c(C)c(C(=O)CN(C(=O)CC)C(C)C)c(C)n1CC. The minimum atomic E-state index is -0.422. The molecule has 6 heteroatoms. The molecule has 140 valence electrons. The number of carbonyl (C=O) groups excluding carboxylic acids is 3. The van der Waals surface area contributed by atoms with Gasteiger partial charge in [0, 0.05) is 30.3 Å². The van der Waals surface area contributed by atoms with Crippen LogP contribution in [0.15, 0.2) is 0 Å². The second-order valence-corrected chi connectivity index (χ2v) is 6.29. The number of ketones is 1.